The number of nitrogens with zero attached hydrogens (tertiary/aromatic N) is 2. The summed E-state index contributed by atoms with van der Waals surface area (Å²) in [6, 6.07) is 4.94. The fourth-order valence-electron chi connectivity index (χ4n) is 6.10. The van der Waals surface area contributed by atoms with Crippen molar-refractivity contribution in [1.29, 1.82) is 0 Å². The smallest absolute Gasteiger partial charge is 0.0402 e. The zero-order valence-electron chi connectivity index (χ0n) is 18.6. The minimum absolute atomic E-state index is 0.756. The van der Waals surface area contributed by atoms with Crippen molar-refractivity contribution < 1.29 is 0 Å². The van der Waals surface area contributed by atoms with Gasteiger partial charge in [0.1, 0.15) is 0 Å². The molecule has 2 heterocycles. The molecule has 4 unspecified atom stereocenters. The van der Waals surface area contributed by atoms with E-state index in [1.807, 2.05) is 0 Å². The molecule has 2 aromatic heterocycles. The van der Waals surface area contributed by atoms with Crippen LogP contribution in [0.3, 0.4) is 0 Å². The molecule has 2 heteroatoms. The van der Waals surface area contributed by atoms with Crippen molar-refractivity contribution in [3.8, 4) is 0 Å². The van der Waals surface area contributed by atoms with Gasteiger partial charge in [-0.05, 0) is 61.8 Å². The third kappa shape index (κ3) is 4.11. The van der Waals surface area contributed by atoms with Crippen molar-refractivity contribution in [3.05, 3.63) is 47.0 Å². The summed E-state index contributed by atoms with van der Waals surface area (Å²) in [6.45, 7) is 11.7. The fourth-order valence-corrected chi connectivity index (χ4v) is 6.10. The topological polar surface area (TPSA) is 9.86 Å². The highest BCUT2D eigenvalue weighted by atomic mass is 15.0. The second-order valence-electron chi connectivity index (χ2n) is 10.0. The third-order valence-corrected chi connectivity index (χ3v) is 7.70. The van der Waals surface area contributed by atoms with Gasteiger partial charge in [0.15, 0.2) is 0 Å². The molecule has 28 heavy (non-hydrogen) atoms. The van der Waals surface area contributed by atoms with Crippen LogP contribution in [0.5, 0.6) is 0 Å². The van der Waals surface area contributed by atoms with Gasteiger partial charge in [-0.25, -0.2) is 0 Å². The van der Waals surface area contributed by atoms with Crippen molar-refractivity contribution in [2.24, 2.45) is 11.8 Å². The van der Waals surface area contributed by atoms with Crippen LogP contribution in [0.25, 0.3) is 0 Å². The predicted molar refractivity (Wildman–Crippen MR) is 119 cm³/mol. The molecule has 0 amide bonds. The zero-order chi connectivity index (χ0) is 19.7. The summed E-state index contributed by atoms with van der Waals surface area (Å²) in [4.78, 5) is 0. The molecule has 0 radical (unpaired) electrons. The highest BCUT2D eigenvalue weighted by Crippen LogP contribution is 2.39. The third-order valence-electron chi connectivity index (χ3n) is 7.70. The van der Waals surface area contributed by atoms with Gasteiger partial charge in [-0.15, -0.1) is 0 Å². The Hall–Kier alpha value is -1.44. The summed E-state index contributed by atoms with van der Waals surface area (Å²) in [5.41, 5.74) is 6.05. The van der Waals surface area contributed by atoms with Crippen molar-refractivity contribution in [2.75, 3.05) is 0 Å². The first-order chi connectivity index (χ1) is 13.5. The van der Waals surface area contributed by atoms with Crippen LogP contribution in [0.1, 0.15) is 99.6 Å². The molecular weight excluding hydrogens is 340 g/mol. The Balaban J connectivity index is 1.53. The van der Waals surface area contributed by atoms with Gasteiger partial charge in [0, 0.05) is 48.7 Å². The second-order valence-corrected chi connectivity index (χ2v) is 10.0. The van der Waals surface area contributed by atoms with E-state index in [1.54, 1.807) is 11.4 Å². The molecule has 0 saturated heterocycles. The van der Waals surface area contributed by atoms with Crippen molar-refractivity contribution in [3.63, 3.8) is 0 Å². The first-order valence-corrected chi connectivity index (χ1v) is 11.9. The largest absolute Gasteiger partial charge is 0.349 e. The fraction of sp³-hybridized carbons (Fsp3) is 0.692. The van der Waals surface area contributed by atoms with Crippen molar-refractivity contribution in [1.82, 2.24) is 9.13 Å². The maximum atomic E-state index is 2.59. The summed E-state index contributed by atoms with van der Waals surface area (Å²) in [6.07, 6.45) is 16.0. The van der Waals surface area contributed by atoms with E-state index in [1.165, 1.54) is 62.5 Å². The first kappa shape index (κ1) is 19.9. The van der Waals surface area contributed by atoms with E-state index in [0.717, 1.165) is 36.8 Å². The average molecular weight is 381 g/mol. The second kappa shape index (κ2) is 8.51. The van der Waals surface area contributed by atoms with Crippen LogP contribution in [0.2, 0.25) is 0 Å². The summed E-state index contributed by atoms with van der Waals surface area (Å²) >= 11 is 0. The number of hydrogen-bond acceptors (Lipinski definition) is 0. The Labute approximate surface area is 172 Å². The molecule has 2 nitrogen and oxygen atoms in total. The van der Waals surface area contributed by atoms with Gasteiger partial charge in [0.05, 0.1) is 0 Å². The molecule has 2 fully saturated rings. The van der Waals surface area contributed by atoms with Gasteiger partial charge in [-0.1, -0.05) is 52.4 Å². The highest BCUT2D eigenvalue weighted by Gasteiger charge is 2.27. The lowest BCUT2D eigenvalue weighted by atomic mass is 9.78. The number of aromatic nitrogens is 2. The van der Waals surface area contributed by atoms with E-state index >= 15 is 0 Å². The molecule has 2 aliphatic carbocycles. The van der Waals surface area contributed by atoms with Gasteiger partial charge in [-0.2, -0.15) is 0 Å². The van der Waals surface area contributed by atoms with Crippen LogP contribution >= 0.6 is 0 Å². The van der Waals surface area contributed by atoms with Crippen molar-refractivity contribution in [2.45, 2.75) is 104 Å². The standard InChI is InChI=1S/C26H40N2/c1-19-15-25(23-11-7-5-9-21(23)3)27(17-19)13-14-28-18-20(2)16-26(28)24-12-8-6-10-22(24)4/h15-18,21-24H,5-14H2,1-4H3. The lowest BCUT2D eigenvalue weighted by Crippen LogP contribution is -2.21. The van der Waals surface area contributed by atoms with E-state index in [9.17, 15) is 0 Å². The van der Waals surface area contributed by atoms with Crippen molar-refractivity contribution >= 4 is 0 Å². The molecule has 0 aromatic carbocycles. The molecule has 4 atom stereocenters. The van der Waals surface area contributed by atoms with Gasteiger partial charge >= 0.3 is 0 Å². The molecule has 2 aliphatic rings. The van der Waals surface area contributed by atoms with E-state index in [4.69, 9.17) is 0 Å². The summed E-state index contributed by atoms with van der Waals surface area (Å²) < 4.78 is 5.18. The van der Waals surface area contributed by atoms with Crippen LogP contribution in [0.15, 0.2) is 24.5 Å². The van der Waals surface area contributed by atoms with E-state index in [2.05, 4.69) is 61.4 Å². The first-order valence-electron chi connectivity index (χ1n) is 11.9. The molecule has 2 aromatic rings. The Morgan fingerprint density at radius 2 is 1.07 bits per heavy atom. The predicted octanol–water partition coefficient (Wildman–Crippen LogP) is 7.19. The number of hydrogen-bond donors (Lipinski definition) is 0. The molecule has 0 bridgehead atoms. The monoisotopic (exact) mass is 380 g/mol. The van der Waals surface area contributed by atoms with E-state index < -0.39 is 0 Å². The lowest BCUT2D eigenvalue weighted by Gasteiger charge is -2.31. The molecule has 2 saturated carbocycles. The van der Waals surface area contributed by atoms with Gasteiger partial charge in [-0.3, -0.25) is 0 Å². The zero-order valence-corrected chi connectivity index (χ0v) is 18.6. The quantitative estimate of drug-likeness (QED) is 0.519. The summed E-state index contributed by atoms with van der Waals surface area (Å²) in [5, 5.41) is 0. The number of aryl methyl sites for hydroxylation is 4. The Bertz CT molecular complexity index is 714. The normalized spacial score (nSPS) is 28.6. The Kier molecular flexibility index (Phi) is 6.04. The molecule has 4 rings (SSSR count). The van der Waals surface area contributed by atoms with Crippen LogP contribution < -0.4 is 0 Å². The van der Waals surface area contributed by atoms with Crippen LogP contribution in [0, 0.1) is 25.7 Å². The molecule has 0 aliphatic heterocycles. The van der Waals surface area contributed by atoms with Crippen LogP contribution in [-0.2, 0) is 13.1 Å². The van der Waals surface area contributed by atoms with Crippen LogP contribution in [0.4, 0.5) is 0 Å². The minimum Gasteiger partial charge on any atom is -0.349 e. The SMILES string of the molecule is Cc1cc(C2CCCCC2C)n(CCn2cc(C)cc2C2CCCCC2C)c1. The van der Waals surface area contributed by atoms with E-state index in [-0.39, 0.29) is 0 Å². The lowest BCUT2D eigenvalue weighted by molar-refractivity contribution is 0.311. The van der Waals surface area contributed by atoms with Gasteiger partial charge in [0.25, 0.3) is 0 Å². The average Bonchev–Trinajstić information content (AvgIpc) is 3.23. The summed E-state index contributed by atoms with van der Waals surface area (Å²) in [7, 11) is 0. The minimum atomic E-state index is 0.756. The molecule has 154 valence electrons. The molecule has 0 spiro atoms. The van der Waals surface area contributed by atoms with Gasteiger partial charge < -0.3 is 9.13 Å². The number of rotatable bonds is 5. The van der Waals surface area contributed by atoms with E-state index in [0.29, 0.717) is 0 Å². The maximum Gasteiger partial charge on any atom is 0.0402 e. The van der Waals surface area contributed by atoms with Gasteiger partial charge in [0.2, 0.25) is 0 Å². The highest BCUT2D eigenvalue weighted by molar-refractivity contribution is 5.24. The Morgan fingerprint density at radius 3 is 1.46 bits per heavy atom. The Morgan fingerprint density at radius 1 is 0.679 bits per heavy atom. The van der Waals surface area contributed by atoms with Crippen LogP contribution in [-0.4, -0.2) is 9.13 Å². The maximum absolute atomic E-state index is 2.59. The molecular formula is C26H40N2. The molecule has 0 N–H and O–H groups in total. The summed E-state index contributed by atoms with van der Waals surface area (Å²) in [5.74, 6) is 3.17.